The van der Waals surface area contributed by atoms with Crippen LogP contribution in [0.1, 0.15) is 5.56 Å². The van der Waals surface area contributed by atoms with Crippen molar-refractivity contribution in [2.45, 2.75) is 6.42 Å². The van der Waals surface area contributed by atoms with Gasteiger partial charge in [0.15, 0.2) is 11.5 Å². The van der Waals surface area contributed by atoms with E-state index in [0.29, 0.717) is 17.2 Å². The second-order valence-corrected chi connectivity index (χ2v) is 3.44. The summed E-state index contributed by atoms with van der Waals surface area (Å²) in [5.41, 5.74) is 2.98. The second kappa shape index (κ2) is 6.70. The molecule has 0 radical (unpaired) electrons. The fourth-order valence-electron chi connectivity index (χ4n) is 1.57. The molecule has 6 nitrogen and oxygen atoms in total. The largest absolute Gasteiger partial charge is 0.493 e. The molecule has 0 heterocycles. The highest BCUT2D eigenvalue weighted by molar-refractivity contribution is 5.78. The lowest BCUT2D eigenvalue weighted by Crippen LogP contribution is -2.23. The van der Waals surface area contributed by atoms with Crippen molar-refractivity contribution in [3.63, 3.8) is 0 Å². The van der Waals surface area contributed by atoms with E-state index in [1.807, 2.05) is 0 Å². The van der Waals surface area contributed by atoms with Crippen LogP contribution in [0.4, 0.5) is 0 Å². The number of hydroxylamine groups is 1. The number of ether oxygens (including phenoxy) is 3. The molecule has 0 bridgehead atoms. The first-order valence-electron chi connectivity index (χ1n) is 5.27. The zero-order valence-electron chi connectivity index (χ0n) is 10.9. The smallest absolute Gasteiger partial charge is 0.247 e. The monoisotopic (exact) mass is 255 g/mol. The van der Waals surface area contributed by atoms with Gasteiger partial charge in [0.2, 0.25) is 11.7 Å². The van der Waals surface area contributed by atoms with Crippen molar-refractivity contribution in [1.29, 1.82) is 0 Å². The molecule has 0 fully saturated rings. The summed E-state index contributed by atoms with van der Waals surface area (Å²) in [5, 5.41) is 0. The van der Waals surface area contributed by atoms with Crippen molar-refractivity contribution in [2.24, 2.45) is 0 Å². The van der Waals surface area contributed by atoms with Crippen molar-refractivity contribution < 1.29 is 23.8 Å². The predicted octanol–water partition coefficient (Wildman–Crippen LogP) is 0.932. The van der Waals surface area contributed by atoms with Crippen LogP contribution >= 0.6 is 0 Å². The van der Waals surface area contributed by atoms with Crippen LogP contribution in [0.2, 0.25) is 0 Å². The molecule has 1 rings (SSSR count). The lowest BCUT2D eigenvalue weighted by Gasteiger charge is -2.13. The van der Waals surface area contributed by atoms with Gasteiger partial charge in [-0.15, -0.1) is 0 Å². The third-order valence-electron chi connectivity index (χ3n) is 2.31. The van der Waals surface area contributed by atoms with Crippen LogP contribution in [-0.2, 0) is 16.1 Å². The maximum absolute atomic E-state index is 11.4. The first kappa shape index (κ1) is 14.1. The minimum atomic E-state index is -0.258. The van der Waals surface area contributed by atoms with Gasteiger partial charge in [-0.05, 0) is 17.7 Å². The Labute approximate surface area is 106 Å². The molecule has 1 aromatic carbocycles. The van der Waals surface area contributed by atoms with Crippen molar-refractivity contribution in [3.05, 3.63) is 17.7 Å². The van der Waals surface area contributed by atoms with Crippen molar-refractivity contribution in [2.75, 3.05) is 28.4 Å². The maximum Gasteiger partial charge on any atom is 0.247 e. The number of amides is 1. The molecule has 1 N–H and O–H groups in total. The first-order chi connectivity index (χ1) is 8.65. The molecule has 0 aromatic heterocycles. The quantitative estimate of drug-likeness (QED) is 0.766. The standard InChI is InChI=1S/C12H17NO5/c1-15-9-5-8(7-11(14)13-18-4)6-10(16-2)12(9)17-3/h5-6H,7H2,1-4H3,(H,13,14). The Hall–Kier alpha value is -1.95. The number of nitrogens with one attached hydrogen (secondary N) is 1. The molecule has 0 aliphatic rings. The summed E-state index contributed by atoms with van der Waals surface area (Å²) >= 11 is 0. The van der Waals surface area contributed by atoms with E-state index in [0.717, 1.165) is 5.56 Å². The Kier molecular flexibility index (Phi) is 5.26. The summed E-state index contributed by atoms with van der Waals surface area (Å²) in [6.07, 6.45) is 0.157. The van der Waals surface area contributed by atoms with Gasteiger partial charge in [-0.1, -0.05) is 0 Å². The third-order valence-corrected chi connectivity index (χ3v) is 2.31. The number of hydrogen-bond acceptors (Lipinski definition) is 5. The zero-order chi connectivity index (χ0) is 13.5. The molecule has 0 spiro atoms. The van der Waals surface area contributed by atoms with Crippen LogP contribution in [0.15, 0.2) is 12.1 Å². The Morgan fingerprint density at radius 3 is 2.00 bits per heavy atom. The SMILES string of the molecule is CONC(=O)Cc1cc(OC)c(OC)c(OC)c1. The highest BCUT2D eigenvalue weighted by atomic mass is 16.6. The van der Waals surface area contributed by atoms with E-state index in [-0.39, 0.29) is 12.3 Å². The van der Waals surface area contributed by atoms with E-state index in [9.17, 15) is 4.79 Å². The molecule has 0 atom stereocenters. The van der Waals surface area contributed by atoms with E-state index in [2.05, 4.69) is 10.3 Å². The van der Waals surface area contributed by atoms with Gasteiger partial charge in [0.25, 0.3) is 0 Å². The van der Waals surface area contributed by atoms with Crippen molar-refractivity contribution >= 4 is 5.91 Å². The topological polar surface area (TPSA) is 66.0 Å². The lowest BCUT2D eigenvalue weighted by atomic mass is 10.1. The van der Waals surface area contributed by atoms with E-state index in [1.165, 1.54) is 28.4 Å². The molecule has 0 saturated carbocycles. The van der Waals surface area contributed by atoms with Gasteiger partial charge in [0, 0.05) is 0 Å². The first-order valence-corrected chi connectivity index (χ1v) is 5.27. The number of benzene rings is 1. The molecule has 0 unspecified atom stereocenters. The minimum absolute atomic E-state index is 0.157. The average molecular weight is 255 g/mol. The molecule has 6 heteroatoms. The lowest BCUT2D eigenvalue weighted by molar-refractivity contribution is -0.130. The van der Waals surface area contributed by atoms with Crippen LogP contribution in [0, 0.1) is 0 Å². The number of methoxy groups -OCH3 is 3. The molecule has 18 heavy (non-hydrogen) atoms. The fraction of sp³-hybridized carbons (Fsp3) is 0.417. The summed E-state index contributed by atoms with van der Waals surface area (Å²) in [4.78, 5) is 16.0. The maximum atomic E-state index is 11.4. The Balaban J connectivity index is 3.03. The summed E-state index contributed by atoms with van der Waals surface area (Å²) in [5.74, 6) is 1.26. The van der Waals surface area contributed by atoms with E-state index in [4.69, 9.17) is 14.2 Å². The molecule has 0 saturated heterocycles. The number of carbonyl (C=O) groups is 1. The number of hydrogen-bond donors (Lipinski definition) is 1. The Morgan fingerprint density at radius 1 is 1.06 bits per heavy atom. The summed E-state index contributed by atoms with van der Waals surface area (Å²) in [7, 11) is 5.96. The summed E-state index contributed by atoms with van der Waals surface area (Å²) in [6.45, 7) is 0. The average Bonchev–Trinajstić information content (AvgIpc) is 2.37. The number of carbonyl (C=O) groups excluding carboxylic acids is 1. The van der Waals surface area contributed by atoms with E-state index < -0.39 is 0 Å². The van der Waals surface area contributed by atoms with Gasteiger partial charge >= 0.3 is 0 Å². The normalized spacial score (nSPS) is 9.78. The van der Waals surface area contributed by atoms with Crippen molar-refractivity contribution in [3.8, 4) is 17.2 Å². The summed E-state index contributed by atoms with van der Waals surface area (Å²) < 4.78 is 15.6. The fourth-order valence-corrected chi connectivity index (χ4v) is 1.57. The number of rotatable bonds is 6. The van der Waals surface area contributed by atoms with Crippen LogP contribution < -0.4 is 19.7 Å². The second-order valence-electron chi connectivity index (χ2n) is 3.44. The highest BCUT2D eigenvalue weighted by Gasteiger charge is 2.14. The Morgan fingerprint density at radius 2 is 1.61 bits per heavy atom. The Bertz CT molecular complexity index is 394. The van der Waals surface area contributed by atoms with Gasteiger partial charge in [-0.2, -0.15) is 0 Å². The summed E-state index contributed by atoms with van der Waals surface area (Å²) in [6, 6.07) is 3.44. The molecule has 100 valence electrons. The van der Waals surface area contributed by atoms with Gasteiger partial charge in [-0.3, -0.25) is 9.63 Å². The minimum Gasteiger partial charge on any atom is -0.493 e. The van der Waals surface area contributed by atoms with Crippen LogP contribution in [-0.4, -0.2) is 34.3 Å². The zero-order valence-corrected chi connectivity index (χ0v) is 10.9. The van der Waals surface area contributed by atoms with Crippen molar-refractivity contribution in [1.82, 2.24) is 5.48 Å². The van der Waals surface area contributed by atoms with Gasteiger partial charge < -0.3 is 14.2 Å². The van der Waals surface area contributed by atoms with Crippen LogP contribution in [0.5, 0.6) is 17.2 Å². The third kappa shape index (κ3) is 3.27. The highest BCUT2D eigenvalue weighted by Crippen LogP contribution is 2.38. The van der Waals surface area contributed by atoms with Gasteiger partial charge in [0.1, 0.15) is 0 Å². The predicted molar refractivity (Wildman–Crippen MR) is 65.0 cm³/mol. The van der Waals surface area contributed by atoms with Gasteiger partial charge in [0.05, 0.1) is 34.9 Å². The van der Waals surface area contributed by atoms with E-state index >= 15 is 0 Å². The molecule has 1 amide bonds. The van der Waals surface area contributed by atoms with E-state index in [1.54, 1.807) is 12.1 Å². The molecular weight excluding hydrogens is 238 g/mol. The molecule has 0 aliphatic heterocycles. The molecule has 1 aromatic rings. The van der Waals surface area contributed by atoms with Gasteiger partial charge in [-0.25, -0.2) is 5.48 Å². The van der Waals surface area contributed by atoms with Crippen LogP contribution in [0.3, 0.4) is 0 Å². The van der Waals surface area contributed by atoms with Crippen LogP contribution in [0.25, 0.3) is 0 Å². The molecular formula is C12H17NO5. The molecule has 0 aliphatic carbocycles.